The molecule has 2 heterocycles. The van der Waals surface area contributed by atoms with E-state index in [1.165, 1.54) is 32.0 Å². The predicted molar refractivity (Wildman–Crippen MR) is 179 cm³/mol. The van der Waals surface area contributed by atoms with Crippen molar-refractivity contribution in [1.29, 1.82) is 0 Å². The van der Waals surface area contributed by atoms with Gasteiger partial charge >= 0.3 is 0 Å². The van der Waals surface area contributed by atoms with Crippen molar-refractivity contribution < 1.29 is 0 Å². The molecule has 0 unspecified atom stereocenters. The Bertz CT molecular complexity index is 1980. The molecule has 1 aliphatic heterocycles. The topological polar surface area (TPSA) is 38.7 Å². The van der Waals surface area contributed by atoms with Gasteiger partial charge < -0.3 is 0 Å². The first-order valence-electron chi connectivity index (χ1n) is 14.7. The van der Waals surface area contributed by atoms with Crippen LogP contribution in [0.2, 0.25) is 0 Å². The van der Waals surface area contributed by atoms with Crippen LogP contribution in [0.15, 0.2) is 174 Å². The van der Waals surface area contributed by atoms with E-state index in [9.17, 15) is 0 Å². The summed E-state index contributed by atoms with van der Waals surface area (Å²) in [5.41, 5.74) is 7.44. The van der Waals surface area contributed by atoms with Gasteiger partial charge in [0.15, 0.2) is 17.5 Å². The maximum absolute atomic E-state index is 5.01. The van der Waals surface area contributed by atoms with Crippen LogP contribution < -0.4 is 0 Å². The maximum Gasteiger partial charge on any atom is 0.164 e. The van der Waals surface area contributed by atoms with E-state index in [0.29, 0.717) is 17.5 Å². The van der Waals surface area contributed by atoms with Gasteiger partial charge in [-0.05, 0) is 34.4 Å². The lowest BCUT2D eigenvalue weighted by Gasteiger charge is -2.42. The first-order chi connectivity index (χ1) is 21.8. The number of fused-ring (bicyclic) bond motifs is 2. The Balaban J connectivity index is 1.36. The molecule has 1 aliphatic rings. The van der Waals surface area contributed by atoms with E-state index >= 15 is 0 Å². The Morgan fingerprint density at radius 3 is 1.34 bits per heavy atom. The second-order valence-corrected chi connectivity index (χ2v) is 11.9. The third kappa shape index (κ3) is 4.43. The molecule has 0 radical (unpaired) electrons. The molecule has 0 spiro atoms. The molecule has 4 heteroatoms. The van der Waals surface area contributed by atoms with Gasteiger partial charge in [-0.15, -0.1) is 0 Å². The van der Waals surface area contributed by atoms with Crippen molar-refractivity contribution in [2.45, 2.75) is 15.2 Å². The SMILES string of the molecule is c1ccc(-c2nc(-c3ccccc3)nc(-c3ccc4c(c3)Sc3ccccc3C4(c3ccccc3)c3ccccc3)n2)cc1. The summed E-state index contributed by atoms with van der Waals surface area (Å²) in [4.78, 5) is 17.4. The van der Waals surface area contributed by atoms with Gasteiger partial charge in [-0.1, -0.05) is 163 Å². The molecular weight excluding hydrogens is 555 g/mol. The summed E-state index contributed by atoms with van der Waals surface area (Å²) in [5, 5.41) is 0. The van der Waals surface area contributed by atoms with Gasteiger partial charge in [0.05, 0.1) is 5.41 Å². The van der Waals surface area contributed by atoms with Gasteiger partial charge in [-0.25, -0.2) is 15.0 Å². The van der Waals surface area contributed by atoms with Gasteiger partial charge in [0.25, 0.3) is 0 Å². The summed E-state index contributed by atoms with van der Waals surface area (Å²) in [6.45, 7) is 0. The fourth-order valence-electron chi connectivity index (χ4n) is 6.29. The predicted octanol–water partition coefficient (Wildman–Crippen LogP) is 9.72. The quantitative estimate of drug-likeness (QED) is 0.203. The van der Waals surface area contributed by atoms with Crippen molar-refractivity contribution in [2.24, 2.45) is 0 Å². The maximum atomic E-state index is 5.01. The van der Waals surface area contributed by atoms with Crippen LogP contribution in [0.1, 0.15) is 22.3 Å². The third-order valence-corrected chi connectivity index (χ3v) is 9.40. The summed E-state index contributed by atoms with van der Waals surface area (Å²) < 4.78 is 0. The van der Waals surface area contributed by atoms with Crippen molar-refractivity contribution in [1.82, 2.24) is 15.0 Å². The van der Waals surface area contributed by atoms with Crippen LogP contribution in [0, 0.1) is 0 Å². The van der Waals surface area contributed by atoms with E-state index in [-0.39, 0.29) is 0 Å². The molecule has 0 aliphatic carbocycles. The third-order valence-electron chi connectivity index (χ3n) is 8.27. The fourth-order valence-corrected chi connectivity index (χ4v) is 7.52. The molecule has 0 atom stereocenters. The molecule has 7 aromatic rings. The average Bonchev–Trinajstić information content (AvgIpc) is 3.11. The number of nitrogens with zero attached hydrogens (tertiary/aromatic N) is 3. The highest BCUT2D eigenvalue weighted by atomic mass is 32.2. The molecule has 3 nitrogen and oxygen atoms in total. The van der Waals surface area contributed by atoms with Crippen molar-refractivity contribution in [3.63, 3.8) is 0 Å². The first kappa shape index (κ1) is 26.3. The second-order valence-electron chi connectivity index (χ2n) is 10.8. The summed E-state index contributed by atoms with van der Waals surface area (Å²) in [6, 6.07) is 57.5. The number of aromatic nitrogens is 3. The van der Waals surface area contributed by atoms with Gasteiger partial charge in [-0.3, -0.25) is 0 Å². The van der Waals surface area contributed by atoms with Gasteiger partial charge in [0, 0.05) is 26.5 Å². The van der Waals surface area contributed by atoms with Crippen molar-refractivity contribution in [3.05, 3.63) is 186 Å². The van der Waals surface area contributed by atoms with Crippen LogP contribution in [-0.4, -0.2) is 15.0 Å². The molecule has 208 valence electrons. The van der Waals surface area contributed by atoms with E-state index in [4.69, 9.17) is 15.0 Å². The normalized spacial score (nSPS) is 13.1. The molecule has 0 N–H and O–H groups in total. The number of hydrogen-bond acceptors (Lipinski definition) is 4. The lowest BCUT2D eigenvalue weighted by Crippen LogP contribution is -2.34. The van der Waals surface area contributed by atoms with Gasteiger partial charge in [-0.2, -0.15) is 0 Å². The monoisotopic (exact) mass is 581 g/mol. The van der Waals surface area contributed by atoms with Crippen LogP contribution in [0.25, 0.3) is 34.2 Å². The van der Waals surface area contributed by atoms with Crippen LogP contribution >= 0.6 is 11.8 Å². The van der Waals surface area contributed by atoms with Gasteiger partial charge in [0.1, 0.15) is 0 Å². The van der Waals surface area contributed by atoms with Crippen molar-refractivity contribution >= 4 is 11.8 Å². The Labute approximate surface area is 261 Å². The van der Waals surface area contributed by atoms with E-state index in [1.54, 1.807) is 0 Å². The summed E-state index contributed by atoms with van der Waals surface area (Å²) in [6.07, 6.45) is 0. The molecule has 0 saturated heterocycles. The highest BCUT2D eigenvalue weighted by Gasteiger charge is 2.44. The highest BCUT2D eigenvalue weighted by molar-refractivity contribution is 7.99. The zero-order valence-electron chi connectivity index (χ0n) is 23.8. The molecule has 0 bridgehead atoms. The smallest absolute Gasteiger partial charge is 0.164 e. The Morgan fingerprint density at radius 2 is 0.795 bits per heavy atom. The lowest BCUT2D eigenvalue weighted by atomic mass is 9.64. The van der Waals surface area contributed by atoms with Crippen LogP contribution in [0.5, 0.6) is 0 Å². The lowest BCUT2D eigenvalue weighted by molar-refractivity contribution is 0.703. The fraction of sp³-hybridized carbons (Fsp3) is 0.0250. The van der Waals surface area contributed by atoms with Crippen LogP contribution in [0.3, 0.4) is 0 Å². The Kier molecular flexibility index (Phi) is 6.62. The minimum atomic E-state index is -0.471. The molecule has 0 amide bonds. The largest absolute Gasteiger partial charge is 0.208 e. The summed E-state index contributed by atoms with van der Waals surface area (Å²) in [5.74, 6) is 1.98. The van der Waals surface area contributed by atoms with E-state index in [0.717, 1.165) is 16.7 Å². The number of rotatable bonds is 5. The van der Waals surface area contributed by atoms with Crippen molar-refractivity contribution in [3.8, 4) is 34.2 Å². The Hall–Kier alpha value is -5.32. The van der Waals surface area contributed by atoms with Crippen LogP contribution in [-0.2, 0) is 5.41 Å². The summed E-state index contributed by atoms with van der Waals surface area (Å²) >= 11 is 1.81. The number of hydrogen-bond donors (Lipinski definition) is 0. The average molecular weight is 582 g/mol. The van der Waals surface area contributed by atoms with E-state index in [2.05, 4.69) is 103 Å². The molecular formula is C40H27N3S. The molecule has 0 fully saturated rings. The number of benzene rings is 6. The van der Waals surface area contributed by atoms with Crippen LogP contribution in [0.4, 0.5) is 0 Å². The molecule has 6 aromatic carbocycles. The highest BCUT2D eigenvalue weighted by Crippen LogP contribution is 2.56. The molecule has 0 saturated carbocycles. The van der Waals surface area contributed by atoms with E-state index < -0.39 is 5.41 Å². The minimum absolute atomic E-state index is 0.471. The van der Waals surface area contributed by atoms with Gasteiger partial charge in [0.2, 0.25) is 0 Å². The molecule has 8 rings (SSSR count). The molecule has 44 heavy (non-hydrogen) atoms. The standard InChI is InChI=1S/C40H27N3S/c1-5-15-28(16-6-1)37-41-38(29-17-7-2-8-18-29)43-39(42-37)30-25-26-34-36(27-30)44-35-24-14-13-23-33(35)40(34,31-19-9-3-10-20-31)32-21-11-4-12-22-32/h1-27H. The Morgan fingerprint density at radius 1 is 0.364 bits per heavy atom. The summed E-state index contributed by atoms with van der Waals surface area (Å²) in [7, 11) is 0. The van der Waals surface area contributed by atoms with Crippen molar-refractivity contribution in [2.75, 3.05) is 0 Å². The zero-order chi connectivity index (χ0) is 29.3. The second kappa shape index (κ2) is 11.1. The van der Waals surface area contributed by atoms with E-state index in [1.807, 2.05) is 72.4 Å². The minimum Gasteiger partial charge on any atom is -0.208 e. The molecule has 1 aromatic heterocycles. The first-order valence-corrected chi connectivity index (χ1v) is 15.5. The zero-order valence-corrected chi connectivity index (χ0v) is 24.7.